The molecule has 6 heteroatoms. The first kappa shape index (κ1) is 12.2. The average molecular weight is 251 g/mol. The summed E-state index contributed by atoms with van der Waals surface area (Å²) in [7, 11) is 0. The Morgan fingerprint density at radius 3 is 2.44 bits per heavy atom. The third-order valence-electron chi connectivity index (χ3n) is 2.28. The topological polar surface area (TPSA) is 30.7 Å². The highest BCUT2D eigenvalue weighted by Gasteiger charge is 2.29. The van der Waals surface area contributed by atoms with Crippen molar-refractivity contribution < 1.29 is 13.2 Å². The molecule has 1 aromatic heterocycles. The molecule has 0 unspecified atom stereocenters. The van der Waals surface area contributed by atoms with Crippen molar-refractivity contribution in [2.45, 2.75) is 12.6 Å². The normalized spacial score (nSPS) is 11.2. The lowest BCUT2D eigenvalue weighted by Gasteiger charge is -2.07. The van der Waals surface area contributed by atoms with Gasteiger partial charge in [-0.1, -0.05) is 5.21 Å². The Morgan fingerprint density at radius 2 is 1.89 bits per heavy atom. The van der Waals surface area contributed by atoms with Crippen LogP contribution >= 0.6 is 0 Å². The first-order valence-corrected chi connectivity index (χ1v) is 5.03. The fourth-order valence-corrected chi connectivity index (χ4v) is 1.41. The van der Waals surface area contributed by atoms with Crippen LogP contribution in [0.25, 0.3) is 5.69 Å². The van der Waals surface area contributed by atoms with Gasteiger partial charge in [0.1, 0.15) is 0 Å². The van der Waals surface area contributed by atoms with Crippen LogP contribution in [0.5, 0.6) is 0 Å². The zero-order valence-electron chi connectivity index (χ0n) is 9.15. The van der Waals surface area contributed by atoms with Gasteiger partial charge in [0.15, 0.2) is 0 Å². The van der Waals surface area contributed by atoms with Gasteiger partial charge in [-0.2, -0.15) is 13.2 Å². The molecule has 0 aliphatic heterocycles. The highest BCUT2D eigenvalue weighted by atomic mass is 19.4. The maximum Gasteiger partial charge on any atom is 0.416 e. The molecule has 0 aliphatic rings. The summed E-state index contributed by atoms with van der Waals surface area (Å²) >= 11 is 0. The SMILES string of the molecule is C#CCc1cn(-c2ccc(C(F)(F)F)cc2)nn1. The molecule has 0 atom stereocenters. The molecule has 0 radical (unpaired) electrons. The van der Waals surface area contributed by atoms with Gasteiger partial charge in [0.25, 0.3) is 0 Å². The van der Waals surface area contributed by atoms with Gasteiger partial charge >= 0.3 is 6.18 Å². The van der Waals surface area contributed by atoms with Gasteiger partial charge in [-0.05, 0) is 24.3 Å². The lowest BCUT2D eigenvalue weighted by Crippen LogP contribution is -2.05. The van der Waals surface area contributed by atoms with E-state index < -0.39 is 11.7 Å². The maximum absolute atomic E-state index is 12.4. The van der Waals surface area contributed by atoms with E-state index in [2.05, 4.69) is 16.2 Å². The van der Waals surface area contributed by atoms with Gasteiger partial charge in [-0.3, -0.25) is 0 Å². The van der Waals surface area contributed by atoms with E-state index in [0.717, 1.165) is 12.1 Å². The van der Waals surface area contributed by atoms with Gasteiger partial charge in [0.2, 0.25) is 0 Å². The molecule has 0 bridgehead atoms. The predicted molar refractivity (Wildman–Crippen MR) is 58.9 cm³/mol. The third kappa shape index (κ3) is 2.51. The number of aromatic nitrogens is 3. The van der Waals surface area contributed by atoms with Crippen molar-refractivity contribution >= 4 is 0 Å². The zero-order chi connectivity index (χ0) is 13.2. The molecule has 0 fully saturated rings. The summed E-state index contributed by atoms with van der Waals surface area (Å²) in [5.74, 6) is 2.41. The Balaban J connectivity index is 2.26. The number of nitrogens with zero attached hydrogens (tertiary/aromatic N) is 3. The first-order chi connectivity index (χ1) is 8.50. The van der Waals surface area contributed by atoms with Crippen molar-refractivity contribution in [3.8, 4) is 18.0 Å². The molecule has 0 spiro atoms. The van der Waals surface area contributed by atoms with Crippen LogP contribution in [0.3, 0.4) is 0 Å². The number of hydrogen-bond acceptors (Lipinski definition) is 2. The summed E-state index contributed by atoms with van der Waals surface area (Å²) in [5.41, 5.74) is 0.395. The van der Waals surface area contributed by atoms with Crippen LogP contribution in [-0.4, -0.2) is 15.0 Å². The maximum atomic E-state index is 12.4. The number of benzene rings is 1. The van der Waals surface area contributed by atoms with Crippen LogP contribution in [0.4, 0.5) is 13.2 Å². The minimum atomic E-state index is -4.34. The highest BCUT2D eigenvalue weighted by molar-refractivity contribution is 5.35. The van der Waals surface area contributed by atoms with E-state index in [0.29, 0.717) is 17.8 Å². The molecule has 1 heterocycles. The van der Waals surface area contributed by atoms with E-state index in [4.69, 9.17) is 6.42 Å². The largest absolute Gasteiger partial charge is 0.416 e. The van der Waals surface area contributed by atoms with Crippen LogP contribution in [0.15, 0.2) is 30.5 Å². The first-order valence-electron chi connectivity index (χ1n) is 5.03. The summed E-state index contributed by atoms with van der Waals surface area (Å²) in [4.78, 5) is 0. The lowest BCUT2D eigenvalue weighted by molar-refractivity contribution is -0.137. The Bertz CT molecular complexity index is 576. The van der Waals surface area contributed by atoms with Crippen LogP contribution in [0.1, 0.15) is 11.3 Å². The summed E-state index contributed by atoms with van der Waals surface area (Å²) in [6.45, 7) is 0. The molecular formula is C12H8F3N3. The molecule has 1 aromatic carbocycles. The number of terminal acetylenes is 1. The van der Waals surface area contributed by atoms with Gasteiger partial charge < -0.3 is 0 Å². The monoisotopic (exact) mass is 251 g/mol. The fourth-order valence-electron chi connectivity index (χ4n) is 1.41. The van der Waals surface area contributed by atoms with Crippen molar-refractivity contribution in [2.75, 3.05) is 0 Å². The van der Waals surface area contributed by atoms with E-state index in [-0.39, 0.29) is 0 Å². The molecule has 2 aromatic rings. The van der Waals surface area contributed by atoms with Gasteiger partial charge in [-0.25, -0.2) is 4.68 Å². The fraction of sp³-hybridized carbons (Fsp3) is 0.167. The average Bonchev–Trinajstić information content (AvgIpc) is 2.77. The Kier molecular flexibility index (Phi) is 3.06. The van der Waals surface area contributed by atoms with Crippen LogP contribution in [-0.2, 0) is 12.6 Å². The van der Waals surface area contributed by atoms with Gasteiger partial charge in [0, 0.05) is 0 Å². The summed E-state index contributed by atoms with van der Waals surface area (Å²) in [6.07, 6.45) is 2.71. The van der Waals surface area contributed by atoms with Crippen molar-refractivity contribution in [3.05, 3.63) is 41.7 Å². The summed E-state index contributed by atoms with van der Waals surface area (Å²) in [6, 6.07) is 4.66. The second-order valence-electron chi connectivity index (χ2n) is 3.58. The molecule has 3 nitrogen and oxygen atoms in total. The number of alkyl halides is 3. The number of rotatable bonds is 2. The third-order valence-corrected chi connectivity index (χ3v) is 2.28. The molecule has 2 rings (SSSR count). The van der Waals surface area contributed by atoms with Gasteiger partial charge in [0.05, 0.1) is 29.6 Å². The summed E-state index contributed by atoms with van der Waals surface area (Å²) < 4.78 is 38.5. The highest BCUT2D eigenvalue weighted by Crippen LogP contribution is 2.29. The zero-order valence-corrected chi connectivity index (χ0v) is 9.15. The second kappa shape index (κ2) is 4.53. The summed E-state index contributed by atoms with van der Waals surface area (Å²) in [5, 5.41) is 7.59. The van der Waals surface area contributed by atoms with Crippen molar-refractivity contribution in [1.29, 1.82) is 0 Å². The predicted octanol–water partition coefficient (Wildman–Crippen LogP) is 2.46. The Morgan fingerprint density at radius 1 is 1.22 bits per heavy atom. The van der Waals surface area contributed by atoms with Crippen LogP contribution in [0.2, 0.25) is 0 Å². The quantitative estimate of drug-likeness (QED) is 0.767. The van der Waals surface area contributed by atoms with Crippen molar-refractivity contribution in [3.63, 3.8) is 0 Å². The molecule has 0 N–H and O–H groups in total. The Labute approximate surface area is 101 Å². The molecule has 0 amide bonds. The van der Waals surface area contributed by atoms with E-state index >= 15 is 0 Å². The minimum Gasteiger partial charge on any atom is -0.220 e. The smallest absolute Gasteiger partial charge is 0.220 e. The minimum absolute atomic E-state index is 0.334. The van der Waals surface area contributed by atoms with E-state index in [1.165, 1.54) is 16.8 Å². The van der Waals surface area contributed by atoms with Gasteiger partial charge in [-0.15, -0.1) is 17.4 Å². The molecular weight excluding hydrogens is 243 g/mol. The van der Waals surface area contributed by atoms with Crippen LogP contribution < -0.4 is 0 Å². The van der Waals surface area contributed by atoms with E-state index in [1.807, 2.05) is 0 Å². The van der Waals surface area contributed by atoms with E-state index in [9.17, 15) is 13.2 Å². The second-order valence-corrected chi connectivity index (χ2v) is 3.58. The lowest BCUT2D eigenvalue weighted by atomic mass is 10.2. The molecule has 0 saturated heterocycles. The van der Waals surface area contributed by atoms with Crippen molar-refractivity contribution in [2.24, 2.45) is 0 Å². The molecule has 18 heavy (non-hydrogen) atoms. The molecule has 0 saturated carbocycles. The molecule has 92 valence electrons. The number of hydrogen-bond donors (Lipinski definition) is 0. The number of halogens is 3. The van der Waals surface area contributed by atoms with Crippen LogP contribution in [0, 0.1) is 12.3 Å². The molecule has 0 aliphatic carbocycles. The Hall–Kier alpha value is -2.29. The van der Waals surface area contributed by atoms with Crippen molar-refractivity contribution in [1.82, 2.24) is 15.0 Å². The standard InChI is InChI=1S/C12H8F3N3/c1-2-3-10-8-18(17-16-10)11-6-4-9(5-7-11)12(13,14)15/h1,4-8H,3H2. The van der Waals surface area contributed by atoms with E-state index in [1.54, 1.807) is 6.20 Å².